The van der Waals surface area contributed by atoms with E-state index in [-0.39, 0.29) is 22.8 Å². The molecule has 2 N–H and O–H groups in total. The first kappa shape index (κ1) is 12.2. The number of halogens is 2. The van der Waals surface area contributed by atoms with Gasteiger partial charge in [0, 0.05) is 11.0 Å². The molecule has 1 fully saturated rings. The van der Waals surface area contributed by atoms with E-state index in [1.807, 2.05) is 0 Å². The van der Waals surface area contributed by atoms with Gasteiger partial charge in [0.25, 0.3) is 0 Å². The van der Waals surface area contributed by atoms with Crippen molar-refractivity contribution in [1.82, 2.24) is 0 Å². The highest BCUT2D eigenvalue weighted by molar-refractivity contribution is 6.32. The van der Waals surface area contributed by atoms with E-state index in [9.17, 15) is 14.3 Å². The number of hydrogen-bond acceptors (Lipinski definition) is 2. The summed E-state index contributed by atoms with van der Waals surface area (Å²) in [6, 6.07) is 1.05. The number of hydrogen-bond donors (Lipinski definition) is 2. The molecule has 0 aromatic heterocycles. The SMILES string of the molecule is Cc1c(F)cc(Cl)c(O)c1C1(CC(=O)O)CC1. The predicted molar refractivity (Wildman–Crippen MR) is 61.0 cm³/mol. The third-order valence-corrected chi connectivity index (χ3v) is 3.61. The van der Waals surface area contributed by atoms with Crippen LogP contribution in [0.15, 0.2) is 6.07 Å². The lowest BCUT2D eigenvalue weighted by molar-refractivity contribution is -0.137. The molecule has 0 heterocycles. The number of carbonyl (C=O) groups is 1. The zero-order chi connectivity index (χ0) is 12.8. The first-order chi connectivity index (χ1) is 7.87. The highest BCUT2D eigenvalue weighted by atomic mass is 35.5. The molecule has 1 saturated carbocycles. The smallest absolute Gasteiger partial charge is 0.304 e. The second kappa shape index (κ2) is 3.88. The maximum atomic E-state index is 13.6. The van der Waals surface area contributed by atoms with Gasteiger partial charge in [0.2, 0.25) is 0 Å². The summed E-state index contributed by atoms with van der Waals surface area (Å²) in [5, 5.41) is 18.7. The summed E-state index contributed by atoms with van der Waals surface area (Å²) in [5.74, 6) is -1.66. The number of phenolic OH excluding ortho intramolecular Hbond substituents is 1. The molecule has 0 bridgehead atoms. The standard InChI is InChI=1S/C12H12ClFO3/c1-6-8(14)4-7(13)11(17)10(6)12(2-3-12)5-9(15)16/h4,17H,2-3,5H2,1H3,(H,15,16). The van der Waals surface area contributed by atoms with Gasteiger partial charge in [-0.2, -0.15) is 0 Å². The molecule has 1 aromatic carbocycles. The number of aliphatic carboxylic acids is 1. The van der Waals surface area contributed by atoms with E-state index in [2.05, 4.69) is 0 Å². The normalized spacial score (nSPS) is 16.9. The van der Waals surface area contributed by atoms with E-state index in [0.29, 0.717) is 18.4 Å². The zero-order valence-electron chi connectivity index (χ0n) is 9.26. The molecule has 1 aliphatic carbocycles. The molecule has 3 nitrogen and oxygen atoms in total. The molecule has 0 unspecified atom stereocenters. The van der Waals surface area contributed by atoms with Gasteiger partial charge in [-0.15, -0.1) is 0 Å². The van der Waals surface area contributed by atoms with Gasteiger partial charge in [0.15, 0.2) is 0 Å². The molecular weight excluding hydrogens is 247 g/mol. The lowest BCUT2D eigenvalue weighted by Crippen LogP contribution is -2.15. The Balaban J connectivity index is 2.55. The molecule has 17 heavy (non-hydrogen) atoms. The average Bonchev–Trinajstić information content (AvgIpc) is 2.95. The van der Waals surface area contributed by atoms with Crippen LogP contribution in [0.1, 0.15) is 30.4 Å². The van der Waals surface area contributed by atoms with Crippen molar-refractivity contribution in [2.24, 2.45) is 0 Å². The van der Waals surface area contributed by atoms with Crippen molar-refractivity contribution in [2.75, 3.05) is 0 Å². The van der Waals surface area contributed by atoms with Crippen molar-refractivity contribution < 1.29 is 19.4 Å². The van der Waals surface area contributed by atoms with E-state index in [0.717, 1.165) is 6.07 Å². The van der Waals surface area contributed by atoms with Crippen LogP contribution in [0.3, 0.4) is 0 Å². The quantitative estimate of drug-likeness (QED) is 0.876. The van der Waals surface area contributed by atoms with Crippen LogP contribution in [0.4, 0.5) is 4.39 Å². The van der Waals surface area contributed by atoms with Crippen molar-refractivity contribution in [1.29, 1.82) is 0 Å². The second-order valence-electron chi connectivity index (χ2n) is 4.54. The molecule has 0 spiro atoms. The number of aromatic hydroxyl groups is 1. The molecule has 5 heteroatoms. The van der Waals surface area contributed by atoms with Gasteiger partial charge in [0.1, 0.15) is 11.6 Å². The van der Waals surface area contributed by atoms with Crippen LogP contribution in [-0.4, -0.2) is 16.2 Å². The van der Waals surface area contributed by atoms with Gasteiger partial charge in [0.05, 0.1) is 11.4 Å². The monoisotopic (exact) mass is 258 g/mol. The minimum Gasteiger partial charge on any atom is -0.506 e. The number of rotatable bonds is 3. The van der Waals surface area contributed by atoms with Crippen LogP contribution in [-0.2, 0) is 10.2 Å². The molecule has 0 atom stereocenters. The minimum absolute atomic E-state index is 0.0697. The van der Waals surface area contributed by atoms with E-state index in [1.54, 1.807) is 0 Å². The van der Waals surface area contributed by atoms with Crippen molar-refractivity contribution in [2.45, 2.75) is 31.6 Å². The molecule has 0 radical (unpaired) electrons. The summed E-state index contributed by atoms with van der Waals surface area (Å²) in [5.41, 5.74) is -0.0123. The van der Waals surface area contributed by atoms with Gasteiger partial charge in [-0.05, 0) is 31.4 Å². The van der Waals surface area contributed by atoms with Crippen LogP contribution in [0, 0.1) is 12.7 Å². The summed E-state index contributed by atoms with van der Waals surface area (Å²) in [7, 11) is 0. The van der Waals surface area contributed by atoms with Crippen LogP contribution >= 0.6 is 11.6 Å². The Morgan fingerprint density at radius 1 is 1.59 bits per heavy atom. The lowest BCUT2D eigenvalue weighted by Gasteiger charge is -2.19. The van der Waals surface area contributed by atoms with E-state index >= 15 is 0 Å². The number of phenols is 1. The predicted octanol–water partition coefficient (Wildman–Crippen LogP) is 3.00. The zero-order valence-corrected chi connectivity index (χ0v) is 10.0. The van der Waals surface area contributed by atoms with Gasteiger partial charge < -0.3 is 10.2 Å². The maximum absolute atomic E-state index is 13.6. The van der Waals surface area contributed by atoms with Gasteiger partial charge >= 0.3 is 5.97 Å². The van der Waals surface area contributed by atoms with Crippen molar-refractivity contribution in [3.05, 3.63) is 28.0 Å². The van der Waals surface area contributed by atoms with Gasteiger partial charge in [-0.25, -0.2) is 4.39 Å². The maximum Gasteiger partial charge on any atom is 0.304 e. The number of carboxylic acids is 1. The highest BCUT2D eigenvalue weighted by Gasteiger charge is 2.49. The van der Waals surface area contributed by atoms with Crippen molar-refractivity contribution >= 4 is 17.6 Å². The summed E-state index contributed by atoms with van der Waals surface area (Å²) >= 11 is 5.72. The molecule has 1 aliphatic rings. The Labute approximate surface area is 103 Å². The summed E-state index contributed by atoms with van der Waals surface area (Å²) < 4.78 is 13.6. The Kier molecular flexibility index (Phi) is 2.78. The molecule has 0 amide bonds. The molecule has 0 aliphatic heterocycles. The Hall–Kier alpha value is -1.29. The molecule has 92 valence electrons. The van der Waals surface area contributed by atoms with E-state index in [1.165, 1.54) is 6.92 Å². The van der Waals surface area contributed by atoms with Crippen molar-refractivity contribution in [3.8, 4) is 5.75 Å². The Morgan fingerprint density at radius 3 is 2.65 bits per heavy atom. The number of carboxylic acid groups (broad SMARTS) is 1. The third-order valence-electron chi connectivity index (χ3n) is 3.32. The first-order valence-electron chi connectivity index (χ1n) is 5.27. The van der Waals surface area contributed by atoms with Crippen molar-refractivity contribution in [3.63, 3.8) is 0 Å². The van der Waals surface area contributed by atoms with E-state index in [4.69, 9.17) is 16.7 Å². The highest BCUT2D eigenvalue weighted by Crippen LogP contribution is 2.56. The summed E-state index contributed by atoms with van der Waals surface area (Å²) in [4.78, 5) is 10.8. The minimum atomic E-state index is -0.957. The fraction of sp³-hybridized carbons (Fsp3) is 0.417. The van der Waals surface area contributed by atoms with Gasteiger partial charge in [-0.1, -0.05) is 11.6 Å². The molecular formula is C12H12ClFO3. The lowest BCUT2D eigenvalue weighted by atomic mass is 9.88. The number of benzene rings is 1. The van der Waals surface area contributed by atoms with Crippen LogP contribution in [0.5, 0.6) is 5.75 Å². The van der Waals surface area contributed by atoms with Crippen LogP contribution in [0.2, 0.25) is 5.02 Å². The topological polar surface area (TPSA) is 57.5 Å². The molecule has 1 aromatic rings. The third kappa shape index (κ3) is 1.97. The summed E-state index contributed by atoms with van der Waals surface area (Å²) in [6.07, 6.45) is 1.15. The van der Waals surface area contributed by atoms with Crippen LogP contribution in [0.25, 0.3) is 0 Å². The largest absolute Gasteiger partial charge is 0.506 e. The second-order valence-corrected chi connectivity index (χ2v) is 4.95. The fourth-order valence-electron chi connectivity index (χ4n) is 2.31. The first-order valence-corrected chi connectivity index (χ1v) is 5.65. The van der Waals surface area contributed by atoms with E-state index < -0.39 is 17.2 Å². The van der Waals surface area contributed by atoms with Crippen LogP contribution < -0.4 is 0 Å². The Morgan fingerprint density at radius 2 is 2.18 bits per heavy atom. The average molecular weight is 259 g/mol. The Bertz CT molecular complexity index is 469. The van der Waals surface area contributed by atoms with Gasteiger partial charge in [-0.3, -0.25) is 4.79 Å². The molecule has 0 saturated heterocycles. The molecule has 2 rings (SSSR count). The fourth-order valence-corrected chi connectivity index (χ4v) is 2.50. The summed E-state index contributed by atoms with van der Waals surface area (Å²) in [6.45, 7) is 1.53.